The Labute approximate surface area is 88.8 Å². The van der Waals surface area contributed by atoms with Gasteiger partial charge in [0.1, 0.15) is 5.82 Å². The maximum Gasteiger partial charge on any atom is 0.209 e. The summed E-state index contributed by atoms with van der Waals surface area (Å²) in [4.78, 5) is 0. The van der Waals surface area contributed by atoms with Crippen molar-refractivity contribution in [2.75, 3.05) is 6.26 Å². The second kappa shape index (κ2) is 3.57. The first kappa shape index (κ1) is 10.6. The van der Waals surface area contributed by atoms with E-state index in [1.54, 1.807) is 6.92 Å². The number of nitrogens with one attached hydrogen (secondary N) is 1. The zero-order valence-electron chi connectivity index (χ0n) is 8.77. The number of hydrogen-bond donors (Lipinski definition) is 1. The van der Waals surface area contributed by atoms with E-state index in [2.05, 4.69) is 14.9 Å². The number of hydrogen-bond acceptors (Lipinski definition) is 4. The van der Waals surface area contributed by atoms with E-state index in [0.29, 0.717) is 5.82 Å². The summed E-state index contributed by atoms with van der Waals surface area (Å²) in [6.45, 7) is 2.66. The van der Waals surface area contributed by atoms with Crippen molar-refractivity contribution < 1.29 is 8.42 Å². The molecule has 0 amide bonds. The van der Waals surface area contributed by atoms with Crippen LogP contribution in [0.1, 0.15) is 31.0 Å². The highest BCUT2D eigenvalue weighted by Crippen LogP contribution is 2.18. The van der Waals surface area contributed by atoms with E-state index >= 15 is 0 Å². The molecule has 1 aliphatic heterocycles. The second-order valence-electron chi connectivity index (χ2n) is 3.84. The largest absolute Gasteiger partial charge is 0.314 e. The van der Waals surface area contributed by atoms with Crippen LogP contribution >= 0.6 is 0 Å². The third-order valence-corrected chi connectivity index (χ3v) is 3.20. The van der Waals surface area contributed by atoms with Gasteiger partial charge in [0.25, 0.3) is 0 Å². The molecule has 0 radical (unpaired) electrons. The third kappa shape index (κ3) is 2.18. The molecule has 2 rings (SSSR count). The van der Waals surface area contributed by atoms with E-state index in [9.17, 15) is 8.42 Å². The van der Waals surface area contributed by atoms with E-state index < -0.39 is 10.0 Å². The predicted molar refractivity (Wildman–Crippen MR) is 54.7 cm³/mol. The molecular formula is C8H14N4O2S. The molecule has 0 saturated heterocycles. The Morgan fingerprint density at radius 2 is 2.20 bits per heavy atom. The zero-order chi connectivity index (χ0) is 11.1. The quantitative estimate of drug-likeness (QED) is 0.782. The van der Waals surface area contributed by atoms with Crippen molar-refractivity contribution in [3.05, 3.63) is 11.6 Å². The van der Waals surface area contributed by atoms with Crippen molar-refractivity contribution in [3.63, 3.8) is 0 Å². The van der Waals surface area contributed by atoms with Crippen LogP contribution in [0.5, 0.6) is 0 Å². The lowest BCUT2D eigenvalue weighted by molar-refractivity contribution is 0.551. The summed E-state index contributed by atoms with van der Waals surface area (Å²) in [5.74, 6) is 1.65. The normalized spacial score (nSPS) is 17.7. The fraction of sp³-hybridized carbons (Fsp3) is 0.750. The minimum absolute atomic E-state index is 0.320. The Morgan fingerprint density at radius 1 is 1.47 bits per heavy atom. The summed E-state index contributed by atoms with van der Waals surface area (Å²) in [7, 11) is -3.20. The van der Waals surface area contributed by atoms with Gasteiger partial charge < -0.3 is 4.57 Å². The topological polar surface area (TPSA) is 76.9 Å². The standard InChI is InChI=1S/C8H14N4O2S/c1-6(11-15(2,13)14)8-10-9-7-4-3-5-12(7)8/h6,11H,3-5H2,1-2H3. The van der Waals surface area contributed by atoms with Gasteiger partial charge in [0, 0.05) is 13.0 Å². The molecule has 84 valence electrons. The first-order chi connectivity index (χ1) is 6.97. The molecule has 1 aromatic heterocycles. The minimum Gasteiger partial charge on any atom is -0.314 e. The van der Waals surface area contributed by atoms with Crippen LogP contribution in [0.4, 0.5) is 0 Å². The minimum atomic E-state index is -3.20. The predicted octanol–water partition coefficient (Wildman–Crippen LogP) is -0.166. The summed E-state index contributed by atoms with van der Waals surface area (Å²) >= 11 is 0. The average Bonchev–Trinajstić information content (AvgIpc) is 2.57. The van der Waals surface area contributed by atoms with Gasteiger partial charge in [0.2, 0.25) is 10.0 Å². The number of sulfonamides is 1. The first-order valence-corrected chi connectivity index (χ1v) is 6.76. The molecule has 2 heterocycles. The lowest BCUT2D eigenvalue weighted by Gasteiger charge is -2.11. The van der Waals surface area contributed by atoms with Gasteiger partial charge in [-0.2, -0.15) is 0 Å². The summed E-state index contributed by atoms with van der Waals surface area (Å²) in [6, 6.07) is -0.320. The highest BCUT2D eigenvalue weighted by molar-refractivity contribution is 7.88. The number of fused-ring (bicyclic) bond motifs is 1. The Bertz CT molecular complexity index is 465. The molecule has 0 bridgehead atoms. The molecule has 1 unspecified atom stereocenters. The summed E-state index contributed by atoms with van der Waals surface area (Å²) in [5.41, 5.74) is 0. The fourth-order valence-electron chi connectivity index (χ4n) is 1.87. The smallest absolute Gasteiger partial charge is 0.209 e. The molecule has 7 heteroatoms. The van der Waals surface area contributed by atoms with E-state index in [4.69, 9.17) is 0 Å². The van der Waals surface area contributed by atoms with Crippen molar-refractivity contribution in [2.45, 2.75) is 32.4 Å². The molecule has 0 saturated carbocycles. The molecule has 1 aromatic rings. The van der Waals surface area contributed by atoms with Crippen molar-refractivity contribution in [2.24, 2.45) is 0 Å². The molecule has 0 aliphatic carbocycles. The van der Waals surface area contributed by atoms with Crippen molar-refractivity contribution in [3.8, 4) is 0 Å². The van der Waals surface area contributed by atoms with Gasteiger partial charge in [-0.05, 0) is 13.3 Å². The lowest BCUT2D eigenvalue weighted by Crippen LogP contribution is -2.27. The van der Waals surface area contributed by atoms with Gasteiger partial charge in [-0.1, -0.05) is 0 Å². The van der Waals surface area contributed by atoms with Crippen molar-refractivity contribution in [1.82, 2.24) is 19.5 Å². The van der Waals surface area contributed by atoms with Crippen LogP contribution < -0.4 is 4.72 Å². The van der Waals surface area contributed by atoms with E-state index in [1.807, 2.05) is 4.57 Å². The number of aromatic nitrogens is 3. The molecule has 0 aromatic carbocycles. The molecule has 6 nitrogen and oxygen atoms in total. The van der Waals surface area contributed by atoms with Crippen LogP contribution in [0.15, 0.2) is 0 Å². The molecule has 1 aliphatic rings. The number of aryl methyl sites for hydroxylation is 1. The van der Waals surface area contributed by atoms with Gasteiger partial charge in [-0.25, -0.2) is 13.1 Å². The highest BCUT2D eigenvalue weighted by atomic mass is 32.2. The number of rotatable bonds is 3. The monoisotopic (exact) mass is 230 g/mol. The van der Waals surface area contributed by atoms with E-state index in [0.717, 1.165) is 31.5 Å². The summed E-state index contributed by atoms with van der Waals surface area (Å²) < 4.78 is 26.6. The molecule has 1 atom stereocenters. The Hall–Kier alpha value is -0.950. The molecule has 15 heavy (non-hydrogen) atoms. The zero-order valence-corrected chi connectivity index (χ0v) is 9.58. The first-order valence-electron chi connectivity index (χ1n) is 4.86. The van der Waals surface area contributed by atoms with Gasteiger partial charge in [-0.15, -0.1) is 10.2 Å². The maximum atomic E-state index is 11.1. The van der Waals surface area contributed by atoms with Gasteiger partial charge in [0.05, 0.1) is 12.3 Å². The lowest BCUT2D eigenvalue weighted by atomic mass is 10.3. The van der Waals surface area contributed by atoms with Crippen LogP contribution in [-0.2, 0) is 23.0 Å². The Morgan fingerprint density at radius 3 is 2.87 bits per heavy atom. The van der Waals surface area contributed by atoms with Crippen LogP contribution in [0.3, 0.4) is 0 Å². The molecule has 0 spiro atoms. The molecular weight excluding hydrogens is 216 g/mol. The van der Waals surface area contributed by atoms with E-state index in [1.165, 1.54) is 0 Å². The fourth-order valence-corrected chi connectivity index (χ4v) is 2.61. The second-order valence-corrected chi connectivity index (χ2v) is 5.62. The Kier molecular flexibility index (Phi) is 2.51. The maximum absolute atomic E-state index is 11.1. The number of nitrogens with zero attached hydrogens (tertiary/aromatic N) is 3. The summed E-state index contributed by atoms with van der Waals surface area (Å²) in [6.07, 6.45) is 3.13. The van der Waals surface area contributed by atoms with E-state index in [-0.39, 0.29) is 6.04 Å². The van der Waals surface area contributed by atoms with Gasteiger partial charge >= 0.3 is 0 Å². The van der Waals surface area contributed by atoms with Crippen LogP contribution in [-0.4, -0.2) is 29.4 Å². The van der Waals surface area contributed by atoms with Gasteiger partial charge in [0.15, 0.2) is 5.82 Å². The third-order valence-electron chi connectivity index (χ3n) is 2.42. The molecule has 0 fully saturated rings. The highest BCUT2D eigenvalue weighted by Gasteiger charge is 2.22. The summed E-state index contributed by atoms with van der Waals surface area (Å²) in [5, 5.41) is 8.03. The molecule has 1 N–H and O–H groups in total. The van der Waals surface area contributed by atoms with Crippen molar-refractivity contribution >= 4 is 10.0 Å². The van der Waals surface area contributed by atoms with Crippen molar-refractivity contribution in [1.29, 1.82) is 0 Å². The van der Waals surface area contributed by atoms with Crippen LogP contribution in [0.25, 0.3) is 0 Å². The SMILES string of the molecule is CC(NS(C)(=O)=O)c1nnc2n1CCC2. The average molecular weight is 230 g/mol. The van der Waals surface area contributed by atoms with Gasteiger partial charge in [-0.3, -0.25) is 0 Å². The van der Waals surface area contributed by atoms with Crippen LogP contribution in [0, 0.1) is 0 Å². The Balaban J connectivity index is 2.23. The van der Waals surface area contributed by atoms with Crippen LogP contribution in [0.2, 0.25) is 0 Å².